The number of unbranched alkanes of at least 4 members (excludes halogenated alkanes) is 1. The predicted octanol–water partition coefficient (Wildman–Crippen LogP) is 6.00. The summed E-state index contributed by atoms with van der Waals surface area (Å²) in [5.41, 5.74) is 1.97. The van der Waals surface area contributed by atoms with Crippen LogP contribution < -0.4 is 10.1 Å². The van der Waals surface area contributed by atoms with Gasteiger partial charge in [0.2, 0.25) is 0 Å². The zero-order chi connectivity index (χ0) is 22.1. The van der Waals surface area contributed by atoms with Crippen LogP contribution in [-0.4, -0.2) is 43.0 Å². The second kappa shape index (κ2) is 12.4. The van der Waals surface area contributed by atoms with E-state index in [1.165, 1.54) is 18.4 Å². The molecular formula is C25H32Cl2N2O2. The fourth-order valence-corrected chi connectivity index (χ4v) is 4.18. The van der Waals surface area contributed by atoms with E-state index in [9.17, 15) is 4.79 Å². The van der Waals surface area contributed by atoms with Gasteiger partial charge in [-0.3, -0.25) is 9.69 Å². The SMILES string of the molecule is CCC(=O)c1ccc(OCCCCNC2CCN(Cc3ccc(Cl)c(Cl)c3)CC2)cc1. The maximum atomic E-state index is 11.7. The van der Waals surface area contributed by atoms with E-state index in [2.05, 4.69) is 16.3 Å². The molecule has 0 amide bonds. The van der Waals surface area contributed by atoms with Gasteiger partial charge in [0.25, 0.3) is 0 Å². The molecule has 2 aromatic carbocycles. The van der Waals surface area contributed by atoms with Gasteiger partial charge in [-0.15, -0.1) is 0 Å². The normalized spacial score (nSPS) is 15.2. The van der Waals surface area contributed by atoms with Crippen LogP contribution in [0, 0.1) is 0 Å². The molecular weight excluding hydrogens is 431 g/mol. The average Bonchev–Trinajstić information content (AvgIpc) is 2.79. The van der Waals surface area contributed by atoms with Gasteiger partial charge in [0.15, 0.2) is 5.78 Å². The smallest absolute Gasteiger partial charge is 0.162 e. The molecule has 1 saturated heterocycles. The van der Waals surface area contributed by atoms with Crippen LogP contribution in [-0.2, 0) is 6.54 Å². The molecule has 168 valence electrons. The summed E-state index contributed by atoms with van der Waals surface area (Å²) in [4.78, 5) is 14.1. The minimum Gasteiger partial charge on any atom is -0.494 e. The summed E-state index contributed by atoms with van der Waals surface area (Å²) in [6.45, 7) is 6.71. The monoisotopic (exact) mass is 462 g/mol. The van der Waals surface area contributed by atoms with Crippen LogP contribution in [0.3, 0.4) is 0 Å². The third-order valence-corrected chi connectivity index (χ3v) is 6.49. The van der Waals surface area contributed by atoms with Gasteiger partial charge >= 0.3 is 0 Å². The number of rotatable bonds is 11. The first-order valence-electron chi connectivity index (χ1n) is 11.2. The molecule has 1 fully saturated rings. The van der Waals surface area contributed by atoms with Crippen molar-refractivity contribution in [1.82, 2.24) is 10.2 Å². The number of halogens is 2. The van der Waals surface area contributed by atoms with E-state index >= 15 is 0 Å². The maximum absolute atomic E-state index is 11.7. The molecule has 0 atom stereocenters. The second-order valence-electron chi connectivity index (χ2n) is 8.11. The summed E-state index contributed by atoms with van der Waals surface area (Å²) in [5, 5.41) is 4.93. The van der Waals surface area contributed by atoms with Crippen molar-refractivity contribution in [3.8, 4) is 5.75 Å². The first-order chi connectivity index (χ1) is 15.0. The Morgan fingerprint density at radius 1 is 1.06 bits per heavy atom. The lowest BCUT2D eigenvalue weighted by Crippen LogP contribution is -2.42. The van der Waals surface area contributed by atoms with Crippen molar-refractivity contribution in [3.63, 3.8) is 0 Å². The van der Waals surface area contributed by atoms with Crippen molar-refractivity contribution in [2.24, 2.45) is 0 Å². The van der Waals surface area contributed by atoms with Gasteiger partial charge in [0.05, 0.1) is 16.7 Å². The number of carbonyl (C=O) groups excluding carboxylic acids is 1. The fourth-order valence-electron chi connectivity index (χ4n) is 3.86. The van der Waals surface area contributed by atoms with E-state index in [-0.39, 0.29) is 5.78 Å². The number of nitrogens with one attached hydrogen (secondary N) is 1. The van der Waals surface area contributed by atoms with Crippen LogP contribution in [0.1, 0.15) is 54.9 Å². The molecule has 4 nitrogen and oxygen atoms in total. The number of carbonyl (C=O) groups is 1. The van der Waals surface area contributed by atoms with Crippen molar-refractivity contribution >= 4 is 29.0 Å². The zero-order valence-electron chi connectivity index (χ0n) is 18.2. The van der Waals surface area contributed by atoms with Crippen LogP contribution in [0.15, 0.2) is 42.5 Å². The van der Waals surface area contributed by atoms with Crippen LogP contribution in [0.5, 0.6) is 5.75 Å². The van der Waals surface area contributed by atoms with Gasteiger partial charge in [-0.05, 0) is 87.3 Å². The van der Waals surface area contributed by atoms with Crippen molar-refractivity contribution in [2.75, 3.05) is 26.2 Å². The van der Waals surface area contributed by atoms with E-state index < -0.39 is 0 Å². The first-order valence-corrected chi connectivity index (χ1v) is 12.0. The standard InChI is InChI=1S/C25H32Cl2N2O2/c1-2-25(30)20-6-8-22(9-7-20)31-16-4-3-13-28-21-11-14-29(15-12-21)18-19-5-10-23(26)24(27)17-19/h5-10,17,21,28H,2-4,11-16,18H2,1H3. The number of benzene rings is 2. The lowest BCUT2D eigenvalue weighted by Gasteiger charge is -2.32. The Morgan fingerprint density at radius 3 is 2.48 bits per heavy atom. The molecule has 0 aliphatic carbocycles. The lowest BCUT2D eigenvalue weighted by molar-refractivity contribution is 0.0988. The molecule has 0 spiro atoms. The Labute approximate surface area is 195 Å². The molecule has 0 aromatic heterocycles. The predicted molar refractivity (Wildman–Crippen MR) is 129 cm³/mol. The van der Waals surface area contributed by atoms with Crippen molar-refractivity contribution in [1.29, 1.82) is 0 Å². The van der Waals surface area contributed by atoms with Crippen LogP contribution in [0.2, 0.25) is 10.0 Å². The zero-order valence-corrected chi connectivity index (χ0v) is 19.7. The number of hydrogen-bond donors (Lipinski definition) is 1. The van der Waals surface area contributed by atoms with Crippen molar-refractivity contribution < 1.29 is 9.53 Å². The molecule has 3 rings (SSSR count). The topological polar surface area (TPSA) is 41.6 Å². The number of Topliss-reactive ketones (excluding diaryl/α,β-unsaturated/α-hetero) is 1. The van der Waals surface area contributed by atoms with Gasteiger partial charge in [0, 0.05) is 24.6 Å². The molecule has 0 bridgehead atoms. The molecule has 31 heavy (non-hydrogen) atoms. The molecule has 0 radical (unpaired) electrons. The lowest BCUT2D eigenvalue weighted by atomic mass is 10.0. The Bertz CT molecular complexity index is 834. The molecule has 1 aliphatic rings. The summed E-state index contributed by atoms with van der Waals surface area (Å²) in [7, 11) is 0. The molecule has 1 heterocycles. The summed E-state index contributed by atoms with van der Waals surface area (Å²) in [6, 6.07) is 13.9. The minimum absolute atomic E-state index is 0.165. The Kier molecular flexibility index (Phi) is 9.66. The van der Waals surface area contributed by atoms with Crippen molar-refractivity contribution in [2.45, 2.75) is 51.6 Å². The fraction of sp³-hybridized carbons (Fsp3) is 0.480. The van der Waals surface area contributed by atoms with Gasteiger partial charge in [-0.1, -0.05) is 36.2 Å². The molecule has 1 N–H and O–H groups in total. The highest BCUT2D eigenvalue weighted by atomic mass is 35.5. The van der Waals surface area contributed by atoms with Crippen LogP contribution in [0.25, 0.3) is 0 Å². The van der Waals surface area contributed by atoms with E-state index in [1.807, 2.05) is 43.3 Å². The van der Waals surface area contributed by atoms with E-state index in [4.69, 9.17) is 27.9 Å². The Hall–Kier alpha value is -1.59. The summed E-state index contributed by atoms with van der Waals surface area (Å²) >= 11 is 12.1. The minimum atomic E-state index is 0.165. The number of likely N-dealkylation sites (tertiary alicyclic amines) is 1. The van der Waals surface area contributed by atoms with Gasteiger partial charge in [-0.25, -0.2) is 0 Å². The molecule has 0 saturated carbocycles. The highest BCUT2D eigenvalue weighted by Crippen LogP contribution is 2.24. The number of piperidine rings is 1. The third-order valence-electron chi connectivity index (χ3n) is 5.75. The number of nitrogens with zero attached hydrogens (tertiary/aromatic N) is 1. The second-order valence-corrected chi connectivity index (χ2v) is 8.92. The van der Waals surface area contributed by atoms with Crippen LogP contribution in [0.4, 0.5) is 0 Å². The first kappa shape index (κ1) is 24.1. The van der Waals surface area contributed by atoms with Crippen LogP contribution >= 0.6 is 23.2 Å². The Balaban J connectivity index is 1.25. The van der Waals surface area contributed by atoms with Crippen molar-refractivity contribution in [3.05, 3.63) is 63.6 Å². The summed E-state index contributed by atoms with van der Waals surface area (Å²) < 4.78 is 5.79. The highest BCUT2D eigenvalue weighted by molar-refractivity contribution is 6.42. The van der Waals surface area contributed by atoms with E-state index in [1.54, 1.807) is 0 Å². The van der Waals surface area contributed by atoms with E-state index in [0.29, 0.717) is 29.1 Å². The Morgan fingerprint density at radius 2 is 1.81 bits per heavy atom. The van der Waals surface area contributed by atoms with Gasteiger partial charge in [0.1, 0.15) is 5.75 Å². The van der Waals surface area contributed by atoms with E-state index in [0.717, 1.165) is 50.3 Å². The summed E-state index contributed by atoms with van der Waals surface area (Å²) in [6.07, 6.45) is 4.97. The maximum Gasteiger partial charge on any atom is 0.162 e. The number of ketones is 1. The molecule has 6 heteroatoms. The average molecular weight is 463 g/mol. The molecule has 2 aromatic rings. The number of ether oxygens (including phenoxy) is 1. The highest BCUT2D eigenvalue weighted by Gasteiger charge is 2.18. The molecule has 1 aliphatic heterocycles. The quantitative estimate of drug-likeness (QED) is 0.328. The summed E-state index contributed by atoms with van der Waals surface area (Å²) in [5.74, 6) is 0.993. The van der Waals surface area contributed by atoms with Gasteiger partial charge in [-0.2, -0.15) is 0 Å². The molecule has 0 unspecified atom stereocenters. The third kappa shape index (κ3) is 7.80. The number of hydrogen-bond acceptors (Lipinski definition) is 4. The largest absolute Gasteiger partial charge is 0.494 e. The van der Waals surface area contributed by atoms with Gasteiger partial charge < -0.3 is 10.1 Å².